The molecule has 1 aliphatic carbocycles. The Morgan fingerprint density at radius 2 is 1.89 bits per heavy atom. The molecule has 57 heavy (non-hydrogen) atoms. The van der Waals surface area contributed by atoms with Gasteiger partial charge in [0.25, 0.3) is 5.17 Å². The molecule has 8 nitrogen and oxygen atoms in total. The Balaban J connectivity index is 1.56. The number of phenolic OH excluding ortho intramolecular Hbond substituents is 1. The van der Waals surface area contributed by atoms with Crippen LogP contribution >= 0.6 is 24.0 Å². The number of phenols is 1. The van der Waals surface area contributed by atoms with E-state index in [1.165, 1.54) is 17.3 Å². The number of nitrogens with zero attached hydrogens (tertiary/aromatic N) is 1. The number of aryl methyl sites for hydroxylation is 1. The third-order valence-corrected chi connectivity index (χ3v) is 20.3. The summed E-state index contributed by atoms with van der Waals surface area (Å²) in [6, 6.07) is 4.74. The Bertz CT molecular complexity index is 1790. The molecular formula is C45H70N2O6S2Si2. The fourth-order valence-electron chi connectivity index (χ4n) is 7.47. The van der Waals surface area contributed by atoms with Crippen LogP contribution in [0.2, 0.25) is 43.8 Å². The number of carbonyl (C=O) groups is 2. The maximum atomic E-state index is 14.1. The van der Waals surface area contributed by atoms with Crippen molar-refractivity contribution in [3.8, 4) is 11.5 Å². The average molecular weight is 855 g/mol. The third kappa shape index (κ3) is 11.0. The van der Waals surface area contributed by atoms with E-state index < -0.39 is 27.8 Å². The quantitative estimate of drug-likeness (QED) is 0.0396. The molecule has 3 aliphatic rings. The summed E-state index contributed by atoms with van der Waals surface area (Å²) in [6.07, 6.45) is 11.7. The van der Waals surface area contributed by atoms with Crippen LogP contribution in [0.3, 0.4) is 0 Å². The van der Waals surface area contributed by atoms with Crippen LogP contribution in [0, 0.1) is 11.3 Å². The van der Waals surface area contributed by atoms with E-state index >= 15 is 0 Å². The molecule has 0 spiro atoms. The number of nitrogens with one attached hydrogen (secondary N) is 1. The number of thioether (sulfide) groups is 1. The minimum Gasteiger partial charge on any atom is -0.507 e. The standard InChI is InChI=1S/C45H70N2O6S2Si2/c1-15-16-17-19-32-27-35(48)38(34-26-30(4)21-22-33(34)29(2)3)36(28-32)52-43(54)46-23-18-20-37-39(40(49)51-24-25-56(10,11)12)47-41(50)45(9,42(47)55-37)31(5)53-57(13,14)44(6,7)8/h18,20,26-28,31,33-34,42,48H,2,15-17,19,21-25H2,1,3-14H3,(H,46,54)/b20-18+/t31-,33+,34-,42-,45+/m1/s1. The first-order chi connectivity index (χ1) is 26.4. The van der Waals surface area contributed by atoms with Gasteiger partial charge in [-0.3, -0.25) is 9.69 Å². The summed E-state index contributed by atoms with van der Waals surface area (Å²) in [7, 11) is -3.63. The normalized spacial score (nSPS) is 23.2. The number of carbonyl (C=O) groups excluding carboxylic acids is 2. The molecule has 2 N–H and O–H groups in total. The molecule has 0 aromatic heterocycles. The van der Waals surface area contributed by atoms with Crippen molar-refractivity contribution in [3.05, 3.63) is 69.8 Å². The number of thiocarbonyl (C=S) groups is 1. The molecular weight excluding hydrogens is 785 g/mol. The number of rotatable bonds is 17. The van der Waals surface area contributed by atoms with Gasteiger partial charge in [-0.05, 0) is 119 Å². The summed E-state index contributed by atoms with van der Waals surface area (Å²) in [6.45, 7) is 33.0. The number of amides is 1. The highest BCUT2D eigenvalue weighted by Crippen LogP contribution is 2.58. The molecule has 1 saturated heterocycles. The Morgan fingerprint density at radius 3 is 2.51 bits per heavy atom. The van der Waals surface area contributed by atoms with Crippen LogP contribution in [0.5, 0.6) is 11.5 Å². The second-order valence-electron chi connectivity index (χ2n) is 19.3. The van der Waals surface area contributed by atoms with Gasteiger partial charge in [0.15, 0.2) is 8.32 Å². The van der Waals surface area contributed by atoms with Gasteiger partial charge in [0.2, 0.25) is 5.91 Å². The molecule has 0 unspecified atom stereocenters. The lowest BCUT2D eigenvalue weighted by Gasteiger charge is -2.55. The summed E-state index contributed by atoms with van der Waals surface area (Å²) in [5.41, 5.74) is 3.58. The van der Waals surface area contributed by atoms with E-state index in [0.29, 0.717) is 29.5 Å². The van der Waals surface area contributed by atoms with Gasteiger partial charge in [-0.25, -0.2) is 4.79 Å². The molecule has 4 rings (SSSR count). The van der Waals surface area contributed by atoms with Gasteiger partial charge in [0.05, 0.1) is 12.7 Å². The van der Waals surface area contributed by atoms with E-state index in [-0.39, 0.29) is 45.2 Å². The zero-order valence-corrected chi connectivity index (χ0v) is 40.7. The number of esters is 1. The Hall–Kier alpha value is -2.65. The highest BCUT2D eigenvalue weighted by molar-refractivity contribution is 8.04. The maximum absolute atomic E-state index is 14.1. The predicted octanol–water partition coefficient (Wildman–Crippen LogP) is 11.4. The van der Waals surface area contributed by atoms with Crippen molar-refractivity contribution in [1.29, 1.82) is 0 Å². The van der Waals surface area contributed by atoms with Crippen molar-refractivity contribution in [1.82, 2.24) is 10.2 Å². The highest BCUT2D eigenvalue weighted by Gasteiger charge is 2.67. The number of unbranched alkanes of at least 4 members (excludes halogenated alkanes) is 2. The SMILES string of the molecule is C=C(C)[C@@H]1CCC(C)=C[C@H]1c1c(O)cc(CCCCC)cc1OC(=S)NC/C=C/C1=C(C(=O)OCC[Si](C)(C)C)N2C(=O)[C@](C)([C@@H](C)O[Si](C)(C)C(C)(C)C)[C@H]2S1. The van der Waals surface area contributed by atoms with Gasteiger partial charge in [-0.1, -0.05) is 102 Å². The molecule has 2 heterocycles. The smallest absolute Gasteiger partial charge is 0.356 e. The maximum Gasteiger partial charge on any atom is 0.356 e. The Labute approximate surface area is 355 Å². The zero-order valence-electron chi connectivity index (χ0n) is 37.0. The van der Waals surface area contributed by atoms with Crippen molar-refractivity contribution in [3.63, 3.8) is 0 Å². The van der Waals surface area contributed by atoms with Crippen LogP contribution in [0.4, 0.5) is 0 Å². The van der Waals surface area contributed by atoms with Crippen LogP contribution in [-0.4, -0.2) is 68.1 Å². The van der Waals surface area contributed by atoms with Crippen molar-refractivity contribution >= 4 is 57.4 Å². The van der Waals surface area contributed by atoms with Crippen molar-refractivity contribution in [2.24, 2.45) is 11.3 Å². The van der Waals surface area contributed by atoms with Crippen LogP contribution in [0.25, 0.3) is 0 Å². The Kier molecular flexibility index (Phi) is 15.5. The number of allylic oxidation sites excluding steroid dienone is 4. The zero-order chi connectivity index (χ0) is 42.7. The average Bonchev–Trinajstić information content (AvgIpc) is 3.45. The van der Waals surface area contributed by atoms with Gasteiger partial charge in [0.1, 0.15) is 28.0 Å². The first kappa shape index (κ1) is 47.0. The van der Waals surface area contributed by atoms with E-state index in [1.807, 2.05) is 38.1 Å². The number of benzene rings is 1. The van der Waals surface area contributed by atoms with E-state index in [1.54, 1.807) is 4.90 Å². The van der Waals surface area contributed by atoms with Gasteiger partial charge >= 0.3 is 5.97 Å². The summed E-state index contributed by atoms with van der Waals surface area (Å²) in [5, 5.41) is 14.6. The molecule has 0 radical (unpaired) electrons. The van der Waals surface area contributed by atoms with Crippen molar-refractivity contribution < 1.29 is 28.6 Å². The summed E-state index contributed by atoms with van der Waals surface area (Å²) >= 11 is 7.25. The van der Waals surface area contributed by atoms with Crippen LogP contribution < -0.4 is 10.1 Å². The molecule has 0 bridgehead atoms. The van der Waals surface area contributed by atoms with Gasteiger partial charge in [-0.15, -0.1) is 0 Å². The summed E-state index contributed by atoms with van der Waals surface area (Å²) < 4.78 is 19.0. The summed E-state index contributed by atoms with van der Waals surface area (Å²) in [5.74, 6) is 0.268. The van der Waals surface area contributed by atoms with E-state index in [0.717, 1.165) is 61.3 Å². The summed E-state index contributed by atoms with van der Waals surface area (Å²) in [4.78, 5) is 30.1. The first-order valence-electron chi connectivity index (χ1n) is 20.8. The van der Waals surface area contributed by atoms with Crippen molar-refractivity contribution in [2.75, 3.05) is 13.2 Å². The van der Waals surface area contributed by atoms with Gasteiger partial charge in [0, 0.05) is 31.0 Å². The minimum atomic E-state index is -2.18. The number of β-lactam (4-membered cyclic amide) rings is 1. The molecule has 1 amide bonds. The number of hydrogen-bond acceptors (Lipinski definition) is 8. The monoisotopic (exact) mass is 854 g/mol. The second-order valence-corrected chi connectivity index (χ2v) is 31.2. The lowest BCUT2D eigenvalue weighted by Crippen LogP contribution is -2.69. The fourth-order valence-corrected chi connectivity index (χ4v) is 11.4. The van der Waals surface area contributed by atoms with E-state index in [2.05, 4.69) is 92.2 Å². The third-order valence-electron chi connectivity index (χ3n) is 12.3. The molecule has 12 heteroatoms. The lowest BCUT2D eigenvalue weighted by molar-refractivity contribution is -0.170. The molecule has 1 aromatic rings. The van der Waals surface area contributed by atoms with Crippen LogP contribution in [0.1, 0.15) is 105 Å². The molecule has 5 atom stereocenters. The molecule has 316 valence electrons. The topological polar surface area (TPSA) is 97.3 Å². The van der Waals surface area contributed by atoms with Gasteiger partial charge < -0.3 is 24.3 Å². The number of fused-ring (bicyclic) bond motifs is 1. The van der Waals surface area contributed by atoms with E-state index in [9.17, 15) is 14.7 Å². The van der Waals surface area contributed by atoms with E-state index in [4.69, 9.17) is 26.1 Å². The number of ether oxygens (including phenoxy) is 2. The molecule has 2 aliphatic heterocycles. The largest absolute Gasteiger partial charge is 0.507 e. The highest BCUT2D eigenvalue weighted by atomic mass is 32.2. The molecule has 1 aromatic carbocycles. The predicted molar refractivity (Wildman–Crippen MR) is 246 cm³/mol. The Morgan fingerprint density at radius 1 is 1.21 bits per heavy atom. The lowest BCUT2D eigenvalue weighted by atomic mass is 9.73. The van der Waals surface area contributed by atoms with Crippen LogP contribution in [-0.2, 0) is 25.2 Å². The second kappa shape index (κ2) is 18.7. The fraction of sp³-hybridized carbons (Fsp3) is 0.622. The minimum absolute atomic E-state index is 0.0138. The van der Waals surface area contributed by atoms with Gasteiger partial charge in [-0.2, -0.15) is 0 Å². The first-order valence-corrected chi connectivity index (χ1v) is 28.7. The van der Waals surface area contributed by atoms with Crippen molar-refractivity contribution in [2.45, 2.75) is 155 Å². The van der Waals surface area contributed by atoms with Crippen LogP contribution in [0.15, 0.2) is 58.7 Å². The molecule has 0 saturated carbocycles. The number of aromatic hydroxyl groups is 1. The number of hydrogen-bond donors (Lipinski definition) is 2. The molecule has 1 fully saturated rings.